The first-order valence-corrected chi connectivity index (χ1v) is 8.82. The summed E-state index contributed by atoms with van der Waals surface area (Å²) < 4.78 is 24.8. The quantitative estimate of drug-likeness (QED) is 0.535. The average molecular weight is 379 g/mol. The van der Waals surface area contributed by atoms with Crippen LogP contribution >= 0.6 is 11.6 Å². The van der Waals surface area contributed by atoms with E-state index in [0.29, 0.717) is 16.5 Å². The largest absolute Gasteiger partial charge is 0.497 e. The van der Waals surface area contributed by atoms with Gasteiger partial charge in [-0.3, -0.25) is 0 Å². The Kier molecular flexibility index (Phi) is 4.69. The highest BCUT2D eigenvalue weighted by molar-refractivity contribution is 6.34. The predicted octanol–water partition coefficient (Wildman–Crippen LogP) is 6.27. The highest BCUT2D eigenvalue weighted by Gasteiger charge is 2.20. The van der Waals surface area contributed by atoms with E-state index in [1.165, 1.54) is 12.1 Å². The van der Waals surface area contributed by atoms with Crippen molar-refractivity contribution in [2.75, 3.05) is 7.11 Å². The average Bonchev–Trinajstić information content (AvgIpc) is 2.85. The number of benzene rings is 3. The van der Waals surface area contributed by atoms with Crippen molar-refractivity contribution in [3.8, 4) is 11.5 Å². The van der Waals surface area contributed by atoms with E-state index in [0.717, 1.165) is 28.0 Å². The molecule has 0 saturated heterocycles. The molecule has 0 fully saturated rings. The van der Waals surface area contributed by atoms with E-state index >= 15 is 0 Å². The third-order valence-electron chi connectivity index (χ3n) is 4.38. The minimum atomic E-state index is -0.280. The molecule has 1 aliphatic rings. The van der Waals surface area contributed by atoms with Crippen LogP contribution in [0.5, 0.6) is 11.5 Å². The molecule has 0 saturated carbocycles. The summed E-state index contributed by atoms with van der Waals surface area (Å²) in [5.74, 6) is 1.73. The first-order chi connectivity index (χ1) is 13.2. The SMILES string of the molecule is COc1ccc(C2=C(Cl)C=C(c3ccc(F)cc3)c3ccccc3O2)cc1. The molecule has 4 heteroatoms. The molecule has 2 nitrogen and oxygen atoms in total. The number of methoxy groups -OCH3 is 1. The second-order valence-electron chi connectivity index (χ2n) is 6.07. The monoisotopic (exact) mass is 378 g/mol. The highest BCUT2D eigenvalue weighted by Crippen LogP contribution is 2.39. The number of hydrogen-bond donors (Lipinski definition) is 0. The van der Waals surface area contributed by atoms with Gasteiger partial charge in [-0.2, -0.15) is 0 Å². The van der Waals surface area contributed by atoms with Gasteiger partial charge in [0.05, 0.1) is 12.1 Å². The lowest BCUT2D eigenvalue weighted by atomic mass is 9.97. The summed E-state index contributed by atoms with van der Waals surface area (Å²) in [5, 5.41) is 0.468. The van der Waals surface area contributed by atoms with Crippen LogP contribution in [0.1, 0.15) is 16.7 Å². The Labute approximate surface area is 162 Å². The molecule has 0 aromatic heterocycles. The molecular weight excluding hydrogens is 363 g/mol. The zero-order valence-electron chi connectivity index (χ0n) is 14.6. The maximum atomic E-state index is 13.4. The van der Waals surface area contributed by atoms with E-state index in [2.05, 4.69) is 0 Å². The number of rotatable bonds is 3. The fourth-order valence-electron chi connectivity index (χ4n) is 3.01. The summed E-state index contributed by atoms with van der Waals surface area (Å²) in [6, 6.07) is 21.6. The van der Waals surface area contributed by atoms with E-state index < -0.39 is 0 Å². The van der Waals surface area contributed by atoms with Crippen LogP contribution in [0.15, 0.2) is 83.9 Å². The molecule has 0 radical (unpaired) electrons. The van der Waals surface area contributed by atoms with Crippen LogP contribution in [-0.4, -0.2) is 7.11 Å². The van der Waals surface area contributed by atoms with Gasteiger partial charge in [-0.15, -0.1) is 0 Å². The van der Waals surface area contributed by atoms with Crippen LogP contribution in [-0.2, 0) is 0 Å². The van der Waals surface area contributed by atoms with Gasteiger partial charge in [0.1, 0.15) is 17.3 Å². The molecule has 1 heterocycles. The van der Waals surface area contributed by atoms with E-state index in [-0.39, 0.29) is 5.82 Å². The Balaban J connectivity index is 1.87. The standard InChI is InChI=1S/C23H16ClFO2/c1-26-18-12-8-16(9-13-18)23-21(24)14-20(15-6-10-17(25)11-7-15)19-4-2-3-5-22(19)27-23/h2-14H,1H3. The van der Waals surface area contributed by atoms with Gasteiger partial charge >= 0.3 is 0 Å². The number of para-hydroxylation sites is 1. The van der Waals surface area contributed by atoms with Crippen molar-refractivity contribution >= 4 is 22.9 Å². The van der Waals surface area contributed by atoms with E-state index in [1.54, 1.807) is 19.2 Å². The van der Waals surface area contributed by atoms with Gasteiger partial charge in [-0.25, -0.2) is 4.39 Å². The number of allylic oxidation sites excluding steroid dienone is 2. The third-order valence-corrected chi connectivity index (χ3v) is 4.67. The van der Waals surface area contributed by atoms with Gasteiger partial charge in [0.25, 0.3) is 0 Å². The minimum absolute atomic E-state index is 0.280. The molecule has 27 heavy (non-hydrogen) atoms. The molecular formula is C23H16ClFO2. The molecule has 3 aromatic carbocycles. The van der Waals surface area contributed by atoms with Crippen molar-refractivity contribution in [2.24, 2.45) is 0 Å². The maximum absolute atomic E-state index is 13.4. The summed E-state index contributed by atoms with van der Waals surface area (Å²) in [4.78, 5) is 0. The normalized spacial score (nSPS) is 13.4. The van der Waals surface area contributed by atoms with Crippen LogP contribution < -0.4 is 9.47 Å². The van der Waals surface area contributed by atoms with Crippen molar-refractivity contribution in [2.45, 2.75) is 0 Å². The summed E-state index contributed by atoms with van der Waals surface area (Å²) in [7, 11) is 1.62. The fourth-order valence-corrected chi connectivity index (χ4v) is 3.27. The Morgan fingerprint density at radius 3 is 2.22 bits per heavy atom. The number of fused-ring (bicyclic) bond motifs is 1. The fraction of sp³-hybridized carbons (Fsp3) is 0.0435. The lowest BCUT2D eigenvalue weighted by molar-refractivity contribution is 0.414. The van der Waals surface area contributed by atoms with Crippen molar-refractivity contribution in [3.63, 3.8) is 0 Å². The molecule has 0 N–H and O–H groups in total. The van der Waals surface area contributed by atoms with E-state index in [4.69, 9.17) is 21.1 Å². The predicted molar refractivity (Wildman–Crippen MR) is 106 cm³/mol. The Bertz CT molecular complexity index is 1030. The van der Waals surface area contributed by atoms with Gasteiger partial charge in [-0.1, -0.05) is 41.9 Å². The van der Waals surface area contributed by atoms with Gasteiger partial charge in [0.15, 0.2) is 5.76 Å². The lowest BCUT2D eigenvalue weighted by Gasteiger charge is -2.13. The summed E-state index contributed by atoms with van der Waals surface area (Å²) in [6.07, 6.45) is 1.86. The molecule has 0 atom stereocenters. The minimum Gasteiger partial charge on any atom is -0.497 e. The van der Waals surface area contributed by atoms with Crippen molar-refractivity contribution in [3.05, 3.63) is 106 Å². The summed E-state index contributed by atoms with van der Waals surface area (Å²) >= 11 is 6.63. The van der Waals surface area contributed by atoms with Crippen LogP contribution in [0.25, 0.3) is 11.3 Å². The second kappa shape index (κ2) is 7.29. The van der Waals surface area contributed by atoms with E-state index in [1.807, 2.05) is 54.6 Å². The second-order valence-corrected chi connectivity index (χ2v) is 6.48. The molecule has 0 amide bonds. The Hall–Kier alpha value is -3.04. The maximum Gasteiger partial charge on any atom is 0.153 e. The molecule has 4 rings (SSSR count). The van der Waals surface area contributed by atoms with Gasteiger partial charge in [-0.05, 0) is 59.7 Å². The molecule has 0 spiro atoms. The van der Waals surface area contributed by atoms with Crippen molar-refractivity contribution < 1.29 is 13.9 Å². The summed E-state index contributed by atoms with van der Waals surface area (Å²) in [6.45, 7) is 0. The van der Waals surface area contributed by atoms with Gasteiger partial charge < -0.3 is 9.47 Å². The topological polar surface area (TPSA) is 18.5 Å². The molecule has 1 aliphatic heterocycles. The lowest BCUT2D eigenvalue weighted by Crippen LogP contribution is -1.97. The Morgan fingerprint density at radius 1 is 0.852 bits per heavy atom. The Morgan fingerprint density at radius 2 is 1.52 bits per heavy atom. The van der Waals surface area contributed by atoms with Gasteiger partial charge in [0.2, 0.25) is 0 Å². The van der Waals surface area contributed by atoms with Gasteiger partial charge in [0, 0.05) is 11.1 Å². The highest BCUT2D eigenvalue weighted by atomic mass is 35.5. The van der Waals surface area contributed by atoms with Crippen molar-refractivity contribution in [1.82, 2.24) is 0 Å². The first-order valence-electron chi connectivity index (χ1n) is 8.45. The zero-order chi connectivity index (χ0) is 18.8. The zero-order valence-corrected chi connectivity index (χ0v) is 15.3. The molecule has 0 aliphatic carbocycles. The number of halogens is 2. The summed E-state index contributed by atoms with van der Waals surface area (Å²) in [5.41, 5.74) is 3.47. The first kappa shape index (κ1) is 17.4. The molecule has 134 valence electrons. The van der Waals surface area contributed by atoms with Crippen LogP contribution in [0.3, 0.4) is 0 Å². The smallest absolute Gasteiger partial charge is 0.153 e. The molecule has 3 aromatic rings. The number of ether oxygens (including phenoxy) is 2. The van der Waals surface area contributed by atoms with Crippen LogP contribution in [0.2, 0.25) is 0 Å². The molecule has 0 unspecified atom stereocenters. The third kappa shape index (κ3) is 3.46. The van der Waals surface area contributed by atoms with Crippen LogP contribution in [0, 0.1) is 5.82 Å². The van der Waals surface area contributed by atoms with Crippen molar-refractivity contribution in [1.29, 1.82) is 0 Å². The van der Waals surface area contributed by atoms with E-state index in [9.17, 15) is 4.39 Å². The molecule has 0 bridgehead atoms. The van der Waals surface area contributed by atoms with Crippen LogP contribution in [0.4, 0.5) is 4.39 Å². The number of hydrogen-bond acceptors (Lipinski definition) is 2.